The molecule has 0 saturated heterocycles. The first-order valence-corrected chi connectivity index (χ1v) is 9.46. The van der Waals surface area contributed by atoms with Gasteiger partial charge in [0.1, 0.15) is 11.9 Å². The Hall–Kier alpha value is -2.29. The number of carbonyl (C=O) groups is 1. The molecule has 3 nitrogen and oxygen atoms in total. The Kier molecular flexibility index (Phi) is 5.65. The van der Waals surface area contributed by atoms with Crippen molar-refractivity contribution in [3.05, 3.63) is 65.7 Å². The molecule has 1 aliphatic rings. The van der Waals surface area contributed by atoms with E-state index in [0.29, 0.717) is 11.7 Å². The molecule has 1 saturated carbocycles. The van der Waals surface area contributed by atoms with Crippen LogP contribution in [0.5, 0.6) is 5.75 Å². The highest BCUT2D eigenvalue weighted by molar-refractivity contribution is 5.63. The molecule has 0 N–H and O–H groups in total. The third-order valence-electron chi connectivity index (χ3n) is 5.11. The Balaban J connectivity index is 1.52. The lowest BCUT2D eigenvalue weighted by Crippen LogP contribution is -2.25. The smallest absolute Gasteiger partial charge is 0.431 e. The molecule has 3 heteroatoms. The van der Waals surface area contributed by atoms with Crippen LogP contribution >= 0.6 is 0 Å². The molecule has 3 rings (SSSR count). The quantitative estimate of drug-likeness (QED) is 0.485. The molecule has 2 aromatic rings. The largest absolute Gasteiger partial charge is 0.514 e. The Morgan fingerprint density at radius 2 is 1.62 bits per heavy atom. The molecular weight excluding hydrogens is 324 g/mol. The van der Waals surface area contributed by atoms with Crippen LogP contribution in [0.25, 0.3) is 0 Å². The highest BCUT2D eigenvalue weighted by Gasteiger charge is 2.26. The van der Waals surface area contributed by atoms with Crippen LogP contribution in [-0.4, -0.2) is 12.3 Å². The molecule has 138 valence electrons. The van der Waals surface area contributed by atoms with E-state index in [0.717, 1.165) is 25.7 Å². The molecule has 2 aromatic carbocycles. The fraction of sp³-hybridized carbons (Fsp3) is 0.435. The highest BCUT2D eigenvalue weighted by atomic mass is 16.7. The van der Waals surface area contributed by atoms with Crippen molar-refractivity contribution >= 4 is 6.16 Å². The lowest BCUT2D eigenvalue weighted by molar-refractivity contribution is 0.0389. The molecule has 0 bridgehead atoms. The summed E-state index contributed by atoms with van der Waals surface area (Å²) in [6, 6.07) is 18.0. The van der Waals surface area contributed by atoms with Gasteiger partial charge < -0.3 is 9.47 Å². The minimum Gasteiger partial charge on any atom is -0.431 e. The van der Waals surface area contributed by atoms with Crippen molar-refractivity contribution in [1.29, 1.82) is 0 Å². The number of rotatable bonds is 3. The van der Waals surface area contributed by atoms with Crippen LogP contribution in [0.1, 0.15) is 63.5 Å². The Morgan fingerprint density at radius 1 is 0.923 bits per heavy atom. The van der Waals surface area contributed by atoms with E-state index < -0.39 is 6.16 Å². The Morgan fingerprint density at radius 3 is 2.27 bits per heavy atom. The summed E-state index contributed by atoms with van der Waals surface area (Å²) < 4.78 is 10.7. The van der Waals surface area contributed by atoms with Crippen LogP contribution in [0.15, 0.2) is 54.6 Å². The number of carbonyl (C=O) groups excluding carboxylic acids is 1. The van der Waals surface area contributed by atoms with E-state index in [1.165, 1.54) is 11.1 Å². The molecule has 26 heavy (non-hydrogen) atoms. The van der Waals surface area contributed by atoms with Gasteiger partial charge in [-0.25, -0.2) is 4.79 Å². The molecule has 0 spiro atoms. The SMILES string of the molecule is CC(C)(C)c1cccc(C2CCC(OC(=O)Oc3ccccc3)CC2)c1. The minimum absolute atomic E-state index is 0.0479. The summed E-state index contributed by atoms with van der Waals surface area (Å²) in [5.74, 6) is 1.06. The maximum atomic E-state index is 11.9. The van der Waals surface area contributed by atoms with Crippen molar-refractivity contribution in [2.24, 2.45) is 0 Å². The maximum Gasteiger partial charge on any atom is 0.514 e. The first kappa shape index (κ1) is 18.5. The first-order valence-electron chi connectivity index (χ1n) is 9.46. The maximum absolute atomic E-state index is 11.9. The van der Waals surface area contributed by atoms with E-state index in [4.69, 9.17) is 9.47 Å². The van der Waals surface area contributed by atoms with E-state index in [1.54, 1.807) is 12.1 Å². The van der Waals surface area contributed by atoms with Crippen molar-refractivity contribution < 1.29 is 14.3 Å². The summed E-state index contributed by atoms with van der Waals surface area (Å²) in [7, 11) is 0. The van der Waals surface area contributed by atoms with Crippen molar-refractivity contribution in [3.8, 4) is 5.75 Å². The second-order valence-corrected chi connectivity index (χ2v) is 8.13. The molecule has 0 radical (unpaired) electrons. The van der Waals surface area contributed by atoms with Gasteiger partial charge in [-0.15, -0.1) is 0 Å². The normalized spacial score (nSPS) is 20.4. The summed E-state index contributed by atoms with van der Waals surface area (Å²) in [6.07, 6.45) is 3.19. The third kappa shape index (κ3) is 4.87. The zero-order chi connectivity index (χ0) is 18.6. The highest BCUT2D eigenvalue weighted by Crippen LogP contribution is 2.36. The van der Waals surface area contributed by atoms with Gasteiger partial charge in [-0.3, -0.25) is 0 Å². The molecule has 0 amide bonds. The van der Waals surface area contributed by atoms with Gasteiger partial charge in [0.25, 0.3) is 0 Å². The number of para-hydroxylation sites is 1. The summed E-state index contributed by atoms with van der Waals surface area (Å²) in [5, 5.41) is 0. The molecular formula is C23H28O3. The molecule has 1 fully saturated rings. The van der Waals surface area contributed by atoms with Crippen molar-refractivity contribution in [2.75, 3.05) is 0 Å². The summed E-state index contributed by atoms with van der Waals surface area (Å²) in [4.78, 5) is 11.9. The lowest BCUT2D eigenvalue weighted by atomic mass is 9.79. The van der Waals surface area contributed by atoms with Gasteiger partial charge in [-0.2, -0.15) is 0 Å². The van der Waals surface area contributed by atoms with Gasteiger partial charge in [0.15, 0.2) is 0 Å². The summed E-state index contributed by atoms with van der Waals surface area (Å²) in [5.41, 5.74) is 2.94. The van der Waals surface area contributed by atoms with E-state index in [1.807, 2.05) is 18.2 Å². The predicted molar refractivity (Wildman–Crippen MR) is 104 cm³/mol. The number of hydrogen-bond acceptors (Lipinski definition) is 3. The second kappa shape index (κ2) is 7.94. The van der Waals surface area contributed by atoms with E-state index in [9.17, 15) is 4.79 Å². The van der Waals surface area contributed by atoms with E-state index in [-0.39, 0.29) is 11.5 Å². The van der Waals surface area contributed by atoms with Crippen molar-refractivity contribution in [2.45, 2.75) is 63.9 Å². The van der Waals surface area contributed by atoms with Crippen LogP contribution in [-0.2, 0) is 10.2 Å². The van der Waals surface area contributed by atoms with Crippen molar-refractivity contribution in [1.82, 2.24) is 0 Å². The molecule has 0 unspecified atom stereocenters. The lowest BCUT2D eigenvalue weighted by Gasteiger charge is -2.29. The Labute approximate surface area is 156 Å². The second-order valence-electron chi connectivity index (χ2n) is 8.13. The number of hydrogen-bond donors (Lipinski definition) is 0. The third-order valence-corrected chi connectivity index (χ3v) is 5.11. The molecule has 0 aromatic heterocycles. The fourth-order valence-corrected chi connectivity index (χ4v) is 3.52. The van der Waals surface area contributed by atoms with Gasteiger partial charge in [0.2, 0.25) is 0 Å². The molecule has 0 heterocycles. The molecule has 1 aliphatic carbocycles. The Bertz CT molecular complexity index is 723. The average Bonchev–Trinajstić information content (AvgIpc) is 2.62. The summed E-state index contributed by atoms with van der Waals surface area (Å²) >= 11 is 0. The van der Waals surface area contributed by atoms with Gasteiger partial charge in [-0.1, -0.05) is 63.2 Å². The first-order chi connectivity index (χ1) is 12.4. The van der Waals surface area contributed by atoms with E-state index >= 15 is 0 Å². The molecule has 0 atom stereocenters. The van der Waals surface area contributed by atoms with Crippen LogP contribution < -0.4 is 4.74 Å². The van der Waals surface area contributed by atoms with Gasteiger partial charge in [0.05, 0.1) is 0 Å². The van der Waals surface area contributed by atoms with Crippen LogP contribution in [0.2, 0.25) is 0 Å². The van der Waals surface area contributed by atoms with E-state index in [2.05, 4.69) is 45.0 Å². The van der Waals surface area contributed by atoms with Crippen molar-refractivity contribution in [3.63, 3.8) is 0 Å². The minimum atomic E-state index is -0.602. The topological polar surface area (TPSA) is 35.5 Å². The zero-order valence-electron chi connectivity index (χ0n) is 15.9. The monoisotopic (exact) mass is 352 g/mol. The number of benzene rings is 2. The summed E-state index contributed by atoms with van der Waals surface area (Å²) in [6.45, 7) is 6.74. The van der Waals surface area contributed by atoms with Crippen LogP contribution in [0, 0.1) is 0 Å². The average molecular weight is 352 g/mol. The van der Waals surface area contributed by atoms with Gasteiger partial charge >= 0.3 is 6.16 Å². The molecule has 0 aliphatic heterocycles. The zero-order valence-corrected chi connectivity index (χ0v) is 15.9. The fourth-order valence-electron chi connectivity index (χ4n) is 3.52. The van der Waals surface area contributed by atoms with Gasteiger partial charge in [0, 0.05) is 0 Å². The number of ether oxygens (including phenoxy) is 2. The van der Waals surface area contributed by atoms with Crippen LogP contribution in [0.4, 0.5) is 4.79 Å². The standard InChI is InChI=1S/C23H28O3/c1-23(2,3)19-9-7-8-18(16-19)17-12-14-21(15-13-17)26-22(24)25-20-10-5-4-6-11-20/h4-11,16-17,21H,12-15H2,1-3H3. The van der Waals surface area contributed by atoms with Crippen LogP contribution in [0.3, 0.4) is 0 Å². The van der Waals surface area contributed by atoms with Gasteiger partial charge in [-0.05, 0) is 60.3 Å². The predicted octanol–water partition coefficient (Wildman–Crippen LogP) is 6.23.